The van der Waals surface area contributed by atoms with Gasteiger partial charge in [-0.05, 0) is 37.5 Å². The first-order valence-electron chi connectivity index (χ1n) is 10.3. The molecule has 1 amide bonds. The fraction of sp³-hybridized carbons (Fsp3) is 0.409. The summed E-state index contributed by atoms with van der Waals surface area (Å²) in [6.07, 6.45) is 1.71. The van der Waals surface area contributed by atoms with Crippen molar-refractivity contribution >= 4 is 33.4 Å². The van der Waals surface area contributed by atoms with Gasteiger partial charge in [0, 0.05) is 30.6 Å². The van der Waals surface area contributed by atoms with E-state index in [1.165, 1.54) is 11.3 Å². The summed E-state index contributed by atoms with van der Waals surface area (Å²) < 4.78 is 11.3. The van der Waals surface area contributed by atoms with Gasteiger partial charge in [-0.25, -0.2) is 4.98 Å². The normalized spacial score (nSPS) is 16.4. The smallest absolute Gasteiger partial charge is 0.270 e. The number of carbonyl (C=O) groups is 1. The Hall–Kier alpha value is -3.07. The van der Waals surface area contributed by atoms with Crippen molar-refractivity contribution in [3.05, 3.63) is 33.9 Å². The SMILES string of the molecule is CCNC(=O)[C@H]1CCCN(c2nc3c(-c4ccc(OC)c(OC)c4)csc3c(=O)[nH]2)C1. The molecule has 0 spiro atoms. The topological polar surface area (TPSA) is 96.6 Å². The molecular formula is C22H26N4O4S. The van der Waals surface area contributed by atoms with Crippen LogP contribution < -0.4 is 25.2 Å². The van der Waals surface area contributed by atoms with E-state index in [2.05, 4.69) is 10.3 Å². The maximum atomic E-state index is 12.8. The Balaban J connectivity index is 1.72. The van der Waals surface area contributed by atoms with Crippen molar-refractivity contribution in [3.63, 3.8) is 0 Å². The van der Waals surface area contributed by atoms with Crippen LogP contribution in [0.5, 0.6) is 11.5 Å². The number of hydrogen-bond acceptors (Lipinski definition) is 7. The second-order valence-corrected chi connectivity index (χ2v) is 8.35. The second kappa shape index (κ2) is 8.97. The Labute approximate surface area is 184 Å². The summed E-state index contributed by atoms with van der Waals surface area (Å²) in [5.74, 6) is 1.71. The lowest BCUT2D eigenvalue weighted by molar-refractivity contribution is -0.125. The maximum absolute atomic E-state index is 12.8. The van der Waals surface area contributed by atoms with E-state index in [0.717, 1.165) is 30.5 Å². The molecule has 31 heavy (non-hydrogen) atoms. The Morgan fingerprint density at radius 3 is 2.87 bits per heavy atom. The number of carbonyl (C=O) groups excluding carboxylic acids is 1. The highest BCUT2D eigenvalue weighted by Gasteiger charge is 2.27. The van der Waals surface area contributed by atoms with E-state index in [4.69, 9.17) is 14.5 Å². The number of piperidine rings is 1. The lowest BCUT2D eigenvalue weighted by Crippen LogP contribution is -2.44. The number of methoxy groups -OCH3 is 2. The lowest BCUT2D eigenvalue weighted by atomic mass is 9.97. The zero-order valence-corrected chi connectivity index (χ0v) is 18.7. The van der Waals surface area contributed by atoms with Crippen molar-refractivity contribution in [2.24, 2.45) is 5.92 Å². The summed E-state index contributed by atoms with van der Waals surface area (Å²) in [6, 6.07) is 5.65. The van der Waals surface area contributed by atoms with Gasteiger partial charge in [-0.1, -0.05) is 6.07 Å². The van der Waals surface area contributed by atoms with E-state index in [0.29, 0.717) is 40.8 Å². The van der Waals surface area contributed by atoms with Gasteiger partial charge in [0.05, 0.1) is 25.7 Å². The monoisotopic (exact) mass is 442 g/mol. The van der Waals surface area contributed by atoms with Crippen molar-refractivity contribution in [2.45, 2.75) is 19.8 Å². The predicted octanol–water partition coefficient (Wildman–Crippen LogP) is 3.02. The van der Waals surface area contributed by atoms with Gasteiger partial charge in [0.1, 0.15) is 4.70 Å². The minimum atomic E-state index is -0.170. The molecular weight excluding hydrogens is 416 g/mol. The number of fused-ring (bicyclic) bond motifs is 1. The molecule has 0 aliphatic carbocycles. The van der Waals surface area contributed by atoms with Gasteiger partial charge in [-0.3, -0.25) is 14.6 Å². The molecule has 1 fully saturated rings. The number of anilines is 1. The predicted molar refractivity (Wildman–Crippen MR) is 122 cm³/mol. The molecule has 9 heteroatoms. The summed E-state index contributed by atoms with van der Waals surface area (Å²) in [5, 5.41) is 4.83. The molecule has 0 unspecified atom stereocenters. The van der Waals surface area contributed by atoms with Gasteiger partial charge in [0.2, 0.25) is 11.9 Å². The number of thiophene rings is 1. The van der Waals surface area contributed by atoms with Crippen molar-refractivity contribution in [1.82, 2.24) is 15.3 Å². The number of ether oxygens (including phenoxy) is 2. The average molecular weight is 443 g/mol. The molecule has 8 nitrogen and oxygen atoms in total. The first-order valence-corrected chi connectivity index (χ1v) is 11.2. The van der Waals surface area contributed by atoms with E-state index in [1.807, 2.05) is 35.4 Å². The van der Waals surface area contributed by atoms with E-state index >= 15 is 0 Å². The van der Waals surface area contributed by atoms with Crippen molar-refractivity contribution in [2.75, 3.05) is 38.8 Å². The Bertz CT molecular complexity index is 1160. The zero-order valence-electron chi connectivity index (χ0n) is 17.9. The molecule has 0 bridgehead atoms. The number of amides is 1. The number of nitrogens with one attached hydrogen (secondary N) is 2. The molecule has 3 heterocycles. The van der Waals surface area contributed by atoms with Crippen LogP contribution in [-0.4, -0.2) is 49.7 Å². The first kappa shape index (κ1) is 21.2. The van der Waals surface area contributed by atoms with Crippen LogP contribution in [0, 0.1) is 5.92 Å². The highest BCUT2D eigenvalue weighted by molar-refractivity contribution is 7.17. The molecule has 2 N–H and O–H groups in total. The third-order valence-corrected chi connectivity index (χ3v) is 6.52. The van der Waals surface area contributed by atoms with Crippen molar-refractivity contribution in [3.8, 4) is 22.6 Å². The molecule has 2 aromatic heterocycles. The number of rotatable bonds is 6. The van der Waals surface area contributed by atoms with Gasteiger partial charge >= 0.3 is 0 Å². The summed E-state index contributed by atoms with van der Waals surface area (Å²) >= 11 is 1.37. The van der Waals surface area contributed by atoms with Crippen LogP contribution in [0.2, 0.25) is 0 Å². The summed E-state index contributed by atoms with van der Waals surface area (Å²) in [6.45, 7) is 3.81. The highest BCUT2D eigenvalue weighted by Crippen LogP contribution is 2.37. The van der Waals surface area contributed by atoms with E-state index < -0.39 is 0 Å². The molecule has 1 saturated heterocycles. The van der Waals surface area contributed by atoms with Gasteiger partial charge < -0.3 is 19.7 Å². The van der Waals surface area contributed by atoms with E-state index in [-0.39, 0.29) is 17.4 Å². The number of aromatic nitrogens is 2. The Kier molecular flexibility index (Phi) is 6.13. The van der Waals surface area contributed by atoms with Gasteiger partial charge in [-0.15, -0.1) is 11.3 Å². The van der Waals surface area contributed by atoms with Crippen LogP contribution in [0.3, 0.4) is 0 Å². The molecule has 1 atom stereocenters. The van der Waals surface area contributed by atoms with Crippen LogP contribution in [0.15, 0.2) is 28.4 Å². The van der Waals surface area contributed by atoms with Crippen molar-refractivity contribution in [1.29, 1.82) is 0 Å². The first-order chi connectivity index (χ1) is 15.0. The molecule has 3 aromatic rings. The third kappa shape index (κ3) is 4.10. The zero-order chi connectivity index (χ0) is 22.0. The third-order valence-electron chi connectivity index (χ3n) is 5.55. The number of aromatic amines is 1. The van der Waals surface area contributed by atoms with Crippen molar-refractivity contribution < 1.29 is 14.3 Å². The molecule has 1 aromatic carbocycles. The molecule has 1 aliphatic heterocycles. The number of H-pyrrole nitrogens is 1. The van der Waals surface area contributed by atoms with Gasteiger partial charge in [0.25, 0.3) is 5.56 Å². The Morgan fingerprint density at radius 2 is 2.13 bits per heavy atom. The lowest BCUT2D eigenvalue weighted by Gasteiger charge is -2.32. The highest BCUT2D eigenvalue weighted by atomic mass is 32.1. The van der Waals surface area contributed by atoms with Gasteiger partial charge in [0.15, 0.2) is 11.5 Å². The molecule has 164 valence electrons. The Morgan fingerprint density at radius 1 is 1.32 bits per heavy atom. The molecule has 1 aliphatic rings. The fourth-order valence-electron chi connectivity index (χ4n) is 3.98. The summed E-state index contributed by atoms with van der Waals surface area (Å²) in [4.78, 5) is 34.8. The minimum absolute atomic E-state index is 0.0529. The van der Waals surface area contributed by atoms with Crippen LogP contribution in [0.4, 0.5) is 5.95 Å². The van der Waals surface area contributed by atoms with Crippen LogP contribution in [-0.2, 0) is 4.79 Å². The maximum Gasteiger partial charge on any atom is 0.270 e. The quantitative estimate of drug-likeness (QED) is 0.609. The molecule has 0 radical (unpaired) electrons. The van der Waals surface area contributed by atoms with E-state index in [1.54, 1.807) is 14.2 Å². The number of nitrogens with zero attached hydrogens (tertiary/aromatic N) is 2. The fourth-order valence-corrected chi connectivity index (χ4v) is 4.89. The molecule has 0 saturated carbocycles. The molecule has 4 rings (SSSR count). The average Bonchev–Trinajstić information content (AvgIpc) is 3.23. The van der Waals surface area contributed by atoms with E-state index in [9.17, 15) is 9.59 Å². The summed E-state index contributed by atoms with van der Waals surface area (Å²) in [7, 11) is 3.19. The standard InChI is InChI=1S/C22H26N4O4S/c1-4-23-20(27)14-6-5-9-26(11-14)22-24-18-15(12-31-19(18)21(28)25-22)13-7-8-16(29-2)17(10-13)30-3/h7-8,10,12,14H,4-6,9,11H2,1-3H3,(H,23,27)(H,24,25,28)/t14-/m0/s1. The second-order valence-electron chi connectivity index (χ2n) is 7.47. The van der Waals surface area contributed by atoms with Gasteiger partial charge in [-0.2, -0.15) is 0 Å². The summed E-state index contributed by atoms with van der Waals surface area (Å²) in [5.41, 5.74) is 2.24. The van der Waals surface area contributed by atoms with Crippen LogP contribution in [0.1, 0.15) is 19.8 Å². The minimum Gasteiger partial charge on any atom is -0.493 e. The van der Waals surface area contributed by atoms with Crippen LogP contribution >= 0.6 is 11.3 Å². The van der Waals surface area contributed by atoms with Crippen LogP contribution in [0.25, 0.3) is 21.3 Å². The number of benzene rings is 1. The largest absolute Gasteiger partial charge is 0.493 e. The number of hydrogen-bond donors (Lipinski definition) is 2.